The monoisotopic (exact) mass is 676 g/mol. The Morgan fingerprint density at radius 3 is 2.66 bits per heavy atom. The lowest BCUT2D eigenvalue weighted by molar-refractivity contribution is -0.121. The van der Waals surface area contributed by atoms with E-state index in [1.165, 1.54) is 10.8 Å². The number of amides is 2. The highest BCUT2D eigenvalue weighted by atomic mass is 16.6. The van der Waals surface area contributed by atoms with Crippen LogP contribution in [0.4, 0.5) is 16.4 Å². The molecule has 13 heteroatoms. The van der Waals surface area contributed by atoms with Crippen LogP contribution in [0.25, 0.3) is 32.8 Å². The molecule has 0 bridgehead atoms. The number of carbonyl (C=O) groups excluding carboxylic acids is 2. The van der Waals surface area contributed by atoms with Crippen LogP contribution in [-0.4, -0.2) is 69.2 Å². The van der Waals surface area contributed by atoms with Gasteiger partial charge in [-0.15, -0.1) is 0 Å². The number of aromatic nitrogens is 4. The summed E-state index contributed by atoms with van der Waals surface area (Å²) in [5.41, 5.74) is 4.22. The fourth-order valence-electron chi connectivity index (χ4n) is 6.31. The number of H-pyrrole nitrogens is 1. The van der Waals surface area contributed by atoms with E-state index in [1.807, 2.05) is 67.3 Å². The van der Waals surface area contributed by atoms with E-state index in [9.17, 15) is 14.4 Å². The average molecular weight is 677 g/mol. The van der Waals surface area contributed by atoms with Gasteiger partial charge in [0, 0.05) is 72.0 Å². The molecule has 0 radical (unpaired) electrons. The van der Waals surface area contributed by atoms with Crippen LogP contribution in [0, 0.1) is 0 Å². The molecule has 7 rings (SSSR count). The summed E-state index contributed by atoms with van der Waals surface area (Å²) < 4.78 is 12.8. The molecule has 4 aromatic heterocycles. The van der Waals surface area contributed by atoms with Crippen molar-refractivity contribution in [2.24, 2.45) is 0 Å². The lowest BCUT2D eigenvalue weighted by Gasteiger charge is -2.35. The Balaban J connectivity index is 1.11. The van der Waals surface area contributed by atoms with Gasteiger partial charge < -0.3 is 34.6 Å². The maximum Gasteiger partial charge on any atom is 0.409 e. The quantitative estimate of drug-likeness (QED) is 0.150. The van der Waals surface area contributed by atoms with E-state index in [4.69, 9.17) is 14.1 Å². The predicted molar refractivity (Wildman–Crippen MR) is 192 cm³/mol. The van der Waals surface area contributed by atoms with Crippen LogP contribution in [0.2, 0.25) is 0 Å². The van der Waals surface area contributed by atoms with Gasteiger partial charge in [-0.25, -0.2) is 9.78 Å². The summed E-state index contributed by atoms with van der Waals surface area (Å²) in [6, 6.07) is 17.4. The van der Waals surface area contributed by atoms with Crippen LogP contribution in [0.5, 0.6) is 0 Å². The number of carbonyl (C=O) groups is 2. The molecule has 0 aliphatic carbocycles. The van der Waals surface area contributed by atoms with Crippen molar-refractivity contribution in [2.75, 3.05) is 43.0 Å². The zero-order valence-electron chi connectivity index (χ0n) is 28.1. The second-order valence-electron chi connectivity index (χ2n) is 12.6. The van der Waals surface area contributed by atoms with Gasteiger partial charge in [-0.05, 0) is 49.2 Å². The maximum atomic E-state index is 14.1. The summed E-state index contributed by atoms with van der Waals surface area (Å²) in [4.78, 5) is 55.8. The first-order chi connectivity index (χ1) is 24.4. The van der Waals surface area contributed by atoms with Crippen molar-refractivity contribution < 1.29 is 18.7 Å². The number of unbranched alkanes of at least 4 members (excludes halogenated alkanes) is 1. The first-order valence-electron chi connectivity index (χ1n) is 17.0. The van der Waals surface area contributed by atoms with Gasteiger partial charge in [-0.2, -0.15) is 0 Å². The van der Waals surface area contributed by atoms with E-state index < -0.39 is 0 Å². The van der Waals surface area contributed by atoms with Crippen molar-refractivity contribution in [2.45, 2.75) is 45.8 Å². The fourth-order valence-corrected chi connectivity index (χ4v) is 6.31. The van der Waals surface area contributed by atoms with E-state index in [2.05, 4.69) is 26.7 Å². The third-order valence-corrected chi connectivity index (χ3v) is 9.10. The molecule has 2 aromatic carbocycles. The van der Waals surface area contributed by atoms with Crippen LogP contribution < -0.4 is 21.1 Å². The van der Waals surface area contributed by atoms with Crippen molar-refractivity contribution >= 4 is 56.5 Å². The Morgan fingerprint density at radius 1 is 1.02 bits per heavy atom. The summed E-state index contributed by atoms with van der Waals surface area (Å²) >= 11 is 0. The molecule has 13 nitrogen and oxygen atoms in total. The van der Waals surface area contributed by atoms with Crippen LogP contribution in [0.1, 0.15) is 44.0 Å². The van der Waals surface area contributed by atoms with Gasteiger partial charge in [0.2, 0.25) is 11.9 Å². The zero-order valence-corrected chi connectivity index (χ0v) is 28.1. The summed E-state index contributed by atoms with van der Waals surface area (Å²) in [6.45, 7) is 6.10. The molecule has 1 saturated heterocycles. The van der Waals surface area contributed by atoms with Gasteiger partial charge in [0.25, 0.3) is 5.56 Å². The number of ether oxygens (including phenoxy) is 1. The number of para-hydroxylation sites is 1. The van der Waals surface area contributed by atoms with E-state index in [0.717, 1.165) is 56.9 Å². The molecule has 0 spiro atoms. The predicted octanol–water partition coefficient (Wildman–Crippen LogP) is 5.57. The molecule has 0 saturated carbocycles. The van der Waals surface area contributed by atoms with E-state index in [-0.39, 0.29) is 42.4 Å². The van der Waals surface area contributed by atoms with E-state index in [0.29, 0.717) is 38.7 Å². The van der Waals surface area contributed by atoms with Crippen LogP contribution in [0.15, 0.2) is 82.4 Å². The van der Waals surface area contributed by atoms with Gasteiger partial charge >= 0.3 is 6.09 Å². The number of fused-ring (bicyclic) bond motifs is 4. The molecule has 1 aliphatic rings. The highest BCUT2D eigenvalue weighted by Crippen LogP contribution is 2.31. The van der Waals surface area contributed by atoms with Crippen molar-refractivity contribution in [3.05, 3.63) is 94.8 Å². The minimum Gasteiger partial charge on any atom is -0.456 e. The molecule has 5 heterocycles. The highest BCUT2D eigenvalue weighted by Gasteiger charge is 2.26. The van der Waals surface area contributed by atoms with Gasteiger partial charge in [0.15, 0.2) is 0 Å². The molecule has 3 N–H and O–H groups in total. The van der Waals surface area contributed by atoms with E-state index in [1.54, 1.807) is 17.3 Å². The number of pyridine rings is 1. The minimum atomic E-state index is -0.370. The van der Waals surface area contributed by atoms with Gasteiger partial charge in [0.1, 0.15) is 23.4 Å². The second kappa shape index (κ2) is 14.3. The summed E-state index contributed by atoms with van der Waals surface area (Å²) in [5.74, 6) is 0.0258. The zero-order chi connectivity index (χ0) is 34.6. The molecule has 2 amide bonds. The molecular weight excluding hydrogens is 636 g/mol. The van der Waals surface area contributed by atoms with Gasteiger partial charge in [-0.1, -0.05) is 37.6 Å². The number of anilines is 2. The number of benzene rings is 2. The molecule has 1 atom stereocenters. The Labute approximate surface area is 288 Å². The average Bonchev–Trinajstić information content (AvgIpc) is 3.73. The Kier molecular flexibility index (Phi) is 9.37. The molecule has 1 fully saturated rings. The molecule has 1 aliphatic heterocycles. The lowest BCUT2D eigenvalue weighted by atomic mass is 10.0. The lowest BCUT2D eigenvalue weighted by Crippen LogP contribution is -2.51. The minimum absolute atomic E-state index is 0.237. The standard InChI is InChI=1S/C37H40N8O5/c1-3-4-17-49-37(48)44-15-13-43(14-16-44)36-40-22-31(41-24(2)25-9-10-33-29(19-25)28-7-5-6-8-32(28)50-33)35(47)45(36)23-34(46)39-21-27-18-26-20-38-12-11-30(26)42-27/h5-12,18-20,22,24,41-42H,3-4,13-17,21,23H2,1-2H3,(H,39,46)/t24-/m1/s1. The number of rotatable bonds is 11. The van der Waals surface area contributed by atoms with E-state index >= 15 is 0 Å². The van der Waals surface area contributed by atoms with Crippen LogP contribution in [0.3, 0.4) is 0 Å². The summed E-state index contributed by atoms with van der Waals surface area (Å²) in [7, 11) is 0. The second-order valence-corrected chi connectivity index (χ2v) is 12.6. The Hall–Kier alpha value is -5.85. The van der Waals surface area contributed by atoms with Gasteiger partial charge in [0.05, 0.1) is 19.3 Å². The van der Waals surface area contributed by atoms with Crippen molar-refractivity contribution in [3.63, 3.8) is 0 Å². The maximum absolute atomic E-state index is 14.1. The normalized spacial score (nSPS) is 14.0. The topological polar surface area (TPSA) is 151 Å². The van der Waals surface area contributed by atoms with Crippen LogP contribution >= 0.6 is 0 Å². The van der Waals surface area contributed by atoms with Crippen molar-refractivity contribution in [1.82, 2.24) is 29.7 Å². The number of piperazine rings is 1. The number of furan rings is 1. The fraction of sp³-hybridized carbons (Fsp3) is 0.324. The summed E-state index contributed by atoms with van der Waals surface area (Å²) in [5, 5.41) is 9.23. The first kappa shape index (κ1) is 32.7. The highest BCUT2D eigenvalue weighted by molar-refractivity contribution is 6.05. The number of nitrogens with zero attached hydrogens (tertiary/aromatic N) is 5. The Bertz CT molecular complexity index is 2180. The smallest absolute Gasteiger partial charge is 0.409 e. The summed E-state index contributed by atoms with van der Waals surface area (Å²) in [6.07, 6.45) is 6.40. The number of hydrogen-bond donors (Lipinski definition) is 3. The molecule has 50 heavy (non-hydrogen) atoms. The number of aromatic amines is 1. The third kappa shape index (κ3) is 6.84. The third-order valence-electron chi connectivity index (χ3n) is 9.10. The van der Waals surface area contributed by atoms with Gasteiger partial charge in [-0.3, -0.25) is 19.1 Å². The number of nitrogens with one attached hydrogen (secondary N) is 3. The first-order valence-corrected chi connectivity index (χ1v) is 17.0. The van der Waals surface area contributed by atoms with Crippen LogP contribution in [-0.2, 0) is 22.6 Å². The number of hydrogen-bond acceptors (Lipinski definition) is 9. The Morgan fingerprint density at radius 2 is 1.84 bits per heavy atom. The SMILES string of the molecule is CCCCOC(=O)N1CCN(c2ncc(N[C@H](C)c3ccc4oc5ccccc5c4c3)c(=O)n2CC(=O)NCc2cc3cnccc3[nH]2)CC1. The molecule has 0 unspecified atom stereocenters. The molecule has 6 aromatic rings. The largest absolute Gasteiger partial charge is 0.456 e. The van der Waals surface area contributed by atoms with Crippen molar-refractivity contribution in [1.29, 1.82) is 0 Å². The molecular formula is C37H40N8O5. The molecule has 258 valence electrons. The van der Waals surface area contributed by atoms with Crippen molar-refractivity contribution in [3.8, 4) is 0 Å².